The number of nitrogens with two attached hydrogens (primary N) is 1. The quantitative estimate of drug-likeness (QED) is 0.476. The van der Waals surface area contributed by atoms with E-state index in [1.54, 1.807) is 18.2 Å². The van der Waals surface area contributed by atoms with Crippen molar-refractivity contribution in [3.63, 3.8) is 0 Å². The summed E-state index contributed by atoms with van der Waals surface area (Å²) < 4.78 is 23.4. The van der Waals surface area contributed by atoms with Gasteiger partial charge in [0, 0.05) is 0 Å². The van der Waals surface area contributed by atoms with Crippen LogP contribution in [0.4, 0.5) is 0 Å². The van der Waals surface area contributed by atoms with Crippen LogP contribution in [0.1, 0.15) is 6.92 Å². The van der Waals surface area contributed by atoms with Gasteiger partial charge >= 0.3 is 0 Å². The maximum atomic E-state index is 11.7. The van der Waals surface area contributed by atoms with Crippen LogP contribution in [-0.2, 0) is 19.6 Å². The molecule has 0 heterocycles. The zero-order chi connectivity index (χ0) is 13.8. The van der Waals surface area contributed by atoms with Gasteiger partial charge in [-0.1, -0.05) is 18.2 Å². The van der Waals surface area contributed by atoms with E-state index in [4.69, 9.17) is 5.73 Å². The molecule has 7 nitrogen and oxygen atoms in total. The molecule has 0 fully saturated rings. The number of carbonyl (C=O) groups excluding carboxylic acids is 2. The van der Waals surface area contributed by atoms with Gasteiger partial charge in [0.2, 0.25) is 11.8 Å². The molecule has 0 spiro atoms. The van der Waals surface area contributed by atoms with Crippen LogP contribution in [0.15, 0.2) is 35.2 Å². The zero-order valence-corrected chi connectivity index (χ0v) is 10.4. The Hall–Kier alpha value is -1.93. The van der Waals surface area contributed by atoms with Gasteiger partial charge in [-0.05, 0) is 19.1 Å². The van der Waals surface area contributed by atoms with Crippen molar-refractivity contribution in [2.75, 3.05) is 0 Å². The fraction of sp³-hybridized carbons (Fsp3) is 0.200. The van der Waals surface area contributed by atoms with Crippen molar-refractivity contribution in [3.8, 4) is 0 Å². The monoisotopic (exact) mass is 271 g/mol. The van der Waals surface area contributed by atoms with Gasteiger partial charge in [0.25, 0.3) is 10.0 Å². The average Bonchev–Trinajstić information content (AvgIpc) is 2.36. The smallest absolute Gasteiger partial charge is 0.257 e. The molecule has 1 unspecified atom stereocenters. The summed E-state index contributed by atoms with van der Waals surface area (Å²) in [5.74, 6) is -2.78. The highest BCUT2D eigenvalue weighted by Crippen LogP contribution is 2.05. The molecule has 0 aliphatic rings. The summed E-state index contributed by atoms with van der Waals surface area (Å²) in [6, 6.07) is 7.48. The Balaban J connectivity index is 2.70. The number of amides is 2. The van der Waals surface area contributed by atoms with Gasteiger partial charge in [0.15, 0.2) is 0 Å². The first kappa shape index (κ1) is 14.1. The number of carbonyl (C=O) groups is 2. The highest BCUT2D eigenvalue weighted by molar-refractivity contribution is 7.89. The van der Waals surface area contributed by atoms with Crippen molar-refractivity contribution in [2.45, 2.75) is 11.8 Å². The first-order valence-corrected chi connectivity index (χ1v) is 6.49. The molecule has 8 heteroatoms. The van der Waals surface area contributed by atoms with Gasteiger partial charge in [-0.25, -0.2) is 8.42 Å². The summed E-state index contributed by atoms with van der Waals surface area (Å²) in [5, 5.41) is 0. The zero-order valence-electron chi connectivity index (χ0n) is 9.58. The molecule has 1 atom stereocenters. The fourth-order valence-corrected chi connectivity index (χ4v) is 1.88. The molecule has 0 bridgehead atoms. The van der Waals surface area contributed by atoms with Crippen molar-refractivity contribution in [1.29, 1.82) is 0 Å². The third kappa shape index (κ3) is 3.54. The molecule has 0 aromatic heterocycles. The van der Waals surface area contributed by atoms with E-state index in [1.807, 2.05) is 10.3 Å². The van der Waals surface area contributed by atoms with E-state index < -0.39 is 27.8 Å². The van der Waals surface area contributed by atoms with Crippen molar-refractivity contribution in [3.05, 3.63) is 30.3 Å². The van der Waals surface area contributed by atoms with Gasteiger partial charge in [-0.15, -0.1) is 4.83 Å². The van der Waals surface area contributed by atoms with E-state index in [9.17, 15) is 18.0 Å². The van der Waals surface area contributed by atoms with Crippen LogP contribution >= 0.6 is 0 Å². The van der Waals surface area contributed by atoms with Gasteiger partial charge in [0.05, 0.1) is 4.90 Å². The summed E-state index contributed by atoms with van der Waals surface area (Å²) in [4.78, 5) is 23.9. The molecule has 0 aliphatic carbocycles. The molecule has 4 N–H and O–H groups in total. The van der Waals surface area contributed by atoms with Crippen LogP contribution in [-0.4, -0.2) is 20.2 Å². The van der Waals surface area contributed by atoms with Gasteiger partial charge in [-0.2, -0.15) is 0 Å². The van der Waals surface area contributed by atoms with E-state index in [0.717, 1.165) is 0 Å². The third-order valence-corrected chi connectivity index (χ3v) is 3.45. The first-order valence-electron chi connectivity index (χ1n) is 5.00. The molecule has 1 aromatic rings. The molecule has 0 saturated carbocycles. The number of hydrogen-bond donors (Lipinski definition) is 3. The highest BCUT2D eigenvalue weighted by Gasteiger charge is 2.21. The van der Waals surface area contributed by atoms with Crippen molar-refractivity contribution in [2.24, 2.45) is 11.7 Å². The van der Waals surface area contributed by atoms with E-state index in [1.165, 1.54) is 19.1 Å². The van der Waals surface area contributed by atoms with Crippen LogP contribution in [0, 0.1) is 5.92 Å². The molecular formula is C10H13N3O4S. The summed E-state index contributed by atoms with van der Waals surface area (Å²) in [6.45, 7) is 1.27. The van der Waals surface area contributed by atoms with E-state index in [0.29, 0.717) is 0 Å². The Morgan fingerprint density at radius 1 is 1.22 bits per heavy atom. The molecule has 0 saturated heterocycles. The number of sulfonamides is 1. The third-order valence-electron chi connectivity index (χ3n) is 2.18. The van der Waals surface area contributed by atoms with Crippen LogP contribution in [0.5, 0.6) is 0 Å². The van der Waals surface area contributed by atoms with Crippen molar-refractivity contribution < 1.29 is 18.0 Å². The van der Waals surface area contributed by atoms with Gasteiger partial charge in [-0.3, -0.25) is 15.0 Å². The van der Waals surface area contributed by atoms with Gasteiger partial charge in [0.1, 0.15) is 5.92 Å². The molecule has 2 amide bonds. The largest absolute Gasteiger partial charge is 0.369 e. The molecule has 98 valence electrons. The summed E-state index contributed by atoms with van der Waals surface area (Å²) in [7, 11) is -3.85. The Labute approximate surface area is 104 Å². The van der Waals surface area contributed by atoms with Crippen LogP contribution in [0.3, 0.4) is 0 Å². The minimum atomic E-state index is -3.85. The normalized spacial score (nSPS) is 12.7. The lowest BCUT2D eigenvalue weighted by atomic mass is 10.1. The minimum absolute atomic E-state index is 0.00275. The average molecular weight is 271 g/mol. The topological polar surface area (TPSA) is 118 Å². The van der Waals surface area contributed by atoms with Crippen molar-refractivity contribution >= 4 is 21.8 Å². The van der Waals surface area contributed by atoms with E-state index >= 15 is 0 Å². The molecular weight excluding hydrogens is 258 g/mol. The van der Waals surface area contributed by atoms with Crippen LogP contribution < -0.4 is 16.0 Å². The second-order valence-corrected chi connectivity index (χ2v) is 5.21. The highest BCUT2D eigenvalue weighted by atomic mass is 32.2. The summed E-state index contributed by atoms with van der Waals surface area (Å²) >= 11 is 0. The summed E-state index contributed by atoms with van der Waals surface area (Å²) in [6.07, 6.45) is 0. The predicted molar refractivity (Wildman–Crippen MR) is 63.3 cm³/mol. The Bertz CT molecular complexity index is 542. The first-order chi connectivity index (χ1) is 8.34. The number of hydrogen-bond acceptors (Lipinski definition) is 4. The number of benzene rings is 1. The SMILES string of the molecule is CC(C(N)=O)C(=O)NNS(=O)(=O)c1ccccc1. The van der Waals surface area contributed by atoms with Crippen LogP contribution in [0.25, 0.3) is 0 Å². The summed E-state index contributed by atoms with van der Waals surface area (Å²) in [5.41, 5.74) is 6.84. The molecule has 18 heavy (non-hydrogen) atoms. The predicted octanol–water partition coefficient (Wildman–Crippen LogP) is -0.882. The fourth-order valence-electron chi connectivity index (χ4n) is 1.01. The molecule has 0 radical (unpaired) electrons. The molecule has 0 aliphatic heterocycles. The maximum absolute atomic E-state index is 11.7. The number of primary amides is 1. The maximum Gasteiger partial charge on any atom is 0.257 e. The van der Waals surface area contributed by atoms with E-state index in [2.05, 4.69) is 0 Å². The number of rotatable bonds is 5. The van der Waals surface area contributed by atoms with Crippen LogP contribution in [0.2, 0.25) is 0 Å². The Morgan fingerprint density at radius 3 is 2.28 bits per heavy atom. The second-order valence-electron chi connectivity index (χ2n) is 3.53. The standard InChI is InChI=1S/C10H13N3O4S/c1-7(9(11)14)10(15)12-13-18(16,17)8-5-3-2-4-6-8/h2-7,13H,1H3,(H2,11,14)(H,12,15). The van der Waals surface area contributed by atoms with Gasteiger partial charge < -0.3 is 5.73 Å². The number of hydrazine groups is 1. The Morgan fingerprint density at radius 2 is 1.78 bits per heavy atom. The molecule has 1 aromatic carbocycles. The van der Waals surface area contributed by atoms with E-state index in [-0.39, 0.29) is 4.90 Å². The second kappa shape index (κ2) is 5.61. The molecule has 1 rings (SSSR count). The lowest BCUT2D eigenvalue weighted by Gasteiger charge is -2.10. The lowest BCUT2D eigenvalue weighted by Crippen LogP contribution is -2.46. The Kier molecular flexibility index (Phi) is 4.40. The van der Waals surface area contributed by atoms with Crippen molar-refractivity contribution in [1.82, 2.24) is 10.3 Å². The lowest BCUT2D eigenvalue weighted by molar-refractivity contribution is -0.133. The minimum Gasteiger partial charge on any atom is -0.369 e. The number of nitrogens with one attached hydrogen (secondary N) is 2.